The van der Waals surface area contributed by atoms with E-state index in [1.165, 1.54) is 19.3 Å². The molecule has 0 radical (unpaired) electrons. The highest BCUT2D eigenvalue weighted by atomic mass is 16.3. The van der Waals surface area contributed by atoms with Crippen LogP contribution in [0.3, 0.4) is 0 Å². The zero-order chi connectivity index (χ0) is 12.3. The standard InChI is InChI=1S/C15H21NO/c1-11(2)13-7-5-8-14(13)16-10-12-6-3-4-9-15(12)17/h3-4,6,9-11,13-14,17H,5,7-8H2,1-2H3/t13-,14-/m0/s1. The zero-order valence-electron chi connectivity index (χ0n) is 10.6. The maximum atomic E-state index is 9.67. The Kier molecular flexibility index (Phi) is 3.82. The van der Waals surface area contributed by atoms with Crippen LogP contribution in [0.5, 0.6) is 5.75 Å². The molecule has 2 heteroatoms. The van der Waals surface area contributed by atoms with E-state index in [0.717, 1.165) is 5.56 Å². The topological polar surface area (TPSA) is 32.6 Å². The molecule has 0 saturated heterocycles. The van der Waals surface area contributed by atoms with Crippen LogP contribution in [-0.4, -0.2) is 17.4 Å². The number of rotatable bonds is 3. The van der Waals surface area contributed by atoms with Gasteiger partial charge < -0.3 is 5.11 Å². The molecular weight excluding hydrogens is 210 g/mol. The Hall–Kier alpha value is -1.31. The molecule has 1 aromatic carbocycles. The minimum Gasteiger partial charge on any atom is -0.507 e. The van der Waals surface area contributed by atoms with Crippen molar-refractivity contribution in [2.24, 2.45) is 16.8 Å². The van der Waals surface area contributed by atoms with E-state index in [2.05, 4.69) is 18.8 Å². The monoisotopic (exact) mass is 231 g/mol. The van der Waals surface area contributed by atoms with Gasteiger partial charge in [-0.3, -0.25) is 4.99 Å². The lowest BCUT2D eigenvalue weighted by atomic mass is 9.91. The van der Waals surface area contributed by atoms with Crippen molar-refractivity contribution in [2.45, 2.75) is 39.2 Å². The van der Waals surface area contributed by atoms with Crippen LogP contribution < -0.4 is 0 Å². The molecule has 0 amide bonds. The van der Waals surface area contributed by atoms with Gasteiger partial charge in [-0.05, 0) is 36.8 Å². The van der Waals surface area contributed by atoms with E-state index >= 15 is 0 Å². The summed E-state index contributed by atoms with van der Waals surface area (Å²) in [5.41, 5.74) is 0.821. The molecule has 92 valence electrons. The van der Waals surface area contributed by atoms with Gasteiger partial charge in [-0.2, -0.15) is 0 Å². The van der Waals surface area contributed by atoms with Crippen molar-refractivity contribution in [1.29, 1.82) is 0 Å². The van der Waals surface area contributed by atoms with Gasteiger partial charge in [0.1, 0.15) is 5.75 Å². The molecule has 2 rings (SSSR count). The zero-order valence-corrected chi connectivity index (χ0v) is 10.6. The Morgan fingerprint density at radius 1 is 1.29 bits per heavy atom. The second-order valence-corrected chi connectivity index (χ2v) is 5.24. The number of benzene rings is 1. The third-order valence-corrected chi connectivity index (χ3v) is 3.73. The first-order chi connectivity index (χ1) is 8.18. The molecule has 1 fully saturated rings. The fourth-order valence-corrected chi connectivity index (χ4v) is 2.70. The van der Waals surface area contributed by atoms with Gasteiger partial charge in [-0.1, -0.05) is 32.4 Å². The van der Waals surface area contributed by atoms with Crippen LogP contribution in [0.4, 0.5) is 0 Å². The van der Waals surface area contributed by atoms with Crippen LogP contribution in [-0.2, 0) is 0 Å². The Labute approximate surface area is 103 Å². The molecule has 17 heavy (non-hydrogen) atoms. The van der Waals surface area contributed by atoms with E-state index in [9.17, 15) is 5.11 Å². The van der Waals surface area contributed by atoms with Crippen molar-refractivity contribution in [1.82, 2.24) is 0 Å². The number of hydrogen-bond donors (Lipinski definition) is 1. The van der Waals surface area contributed by atoms with Gasteiger partial charge >= 0.3 is 0 Å². The van der Waals surface area contributed by atoms with Crippen molar-refractivity contribution in [3.63, 3.8) is 0 Å². The highest BCUT2D eigenvalue weighted by molar-refractivity contribution is 5.83. The number of aromatic hydroxyl groups is 1. The summed E-state index contributed by atoms with van der Waals surface area (Å²) in [5, 5.41) is 9.67. The number of para-hydroxylation sites is 1. The molecule has 0 aromatic heterocycles. The third-order valence-electron chi connectivity index (χ3n) is 3.73. The summed E-state index contributed by atoms with van der Waals surface area (Å²) in [6.07, 6.45) is 5.60. The smallest absolute Gasteiger partial charge is 0.124 e. The van der Waals surface area contributed by atoms with Gasteiger partial charge in [0.25, 0.3) is 0 Å². The van der Waals surface area contributed by atoms with E-state index in [0.29, 0.717) is 23.6 Å². The quantitative estimate of drug-likeness (QED) is 0.791. The van der Waals surface area contributed by atoms with E-state index in [1.807, 2.05) is 24.4 Å². The number of aliphatic imine (C=N–C) groups is 1. The Bertz CT molecular complexity index is 398. The summed E-state index contributed by atoms with van der Waals surface area (Å²) in [7, 11) is 0. The fraction of sp³-hybridized carbons (Fsp3) is 0.533. The lowest BCUT2D eigenvalue weighted by Crippen LogP contribution is -2.17. The maximum Gasteiger partial charge on any atom is 0.124 e. The maximum absolute atomic E-state index is 9.67. The van der Waals surface area contributed by atoms with Crippen LogP contribution in [0.1, 0.15) is 38.7 Å². The highest BCUT2D eigenvalue weighted by Crippen LogP contribution is 2.33. The molecule has 2 atom stereocenters. The highest BCUT2D eigenvalue weighted by Gasteiger charge is 2.28. The predicted octanol–water partition coefficient (Wildman–Crippen LogP) is 3.64. The first-order valence-electron chi connectivity index (χ1n) is 6.49. The number of nitrogens with zero attached hydrogens (tertiary/aromatic N) is 1. The molecular formula is C15H21NO. The van der Waals surface area contributed by atoms with E-state index in [4.69, 9.17) is 0 Å². The molecule has 2 nitrogen and oxygen atoms in total. The minimum atomic E-state index is 0.315. The molecule has 0 spiro atoms. The third kappa shape index (κ3) is 2.87. The van der Waals surface area contributed by atoms with Gasteiger partial charge in [0.2, 0.25) is 0 Å². The second-order valence-electron chi connectivity index (χ2n) is 5.24. The van der Waals surface area contributed by atoms with Gasteiger partial charge in [0.05, 0.1) is 6.04 Å². The molecule has 1 aliphatic carbocycles. The van der Waals surface area contributed by atoms with Crippen LogP contribution in [0.15, 0.2) is 29.3 Å². The number of hydrogen-bond acceptors (Lipinski definition) is 2. The normalized spacial score (nSPS) is 24.9. The molecule has 1 saturated carbocycles. The van der Waals surface area contributed by atoms with Crippen molar-refractivity contribution in [2.75, 3.05) is 0 Å². The first-order valence-corrected chi connectivity index (χ1v) is 6.49. The minimum absolute atomic E-state index is 0.315. The molecule has 1 aromatic rings. The Morgan fingerprint density at radius 3 is 2.76 bits per heavy atom. The SMILES string of the molecule is CC(C)[C@@H]1CCC[C@@H]1N=Cc1ccccc1O. The lowest BCUT2D eigenvalue weighted by Gasteiger charge is -2.19. The molecule has 0 bridgehead atoms. The van der Waals surface area contributed by atoms with Crippen LogP contribution in [0, 0.1) is 11.8 Å². The van der Waals surface area contributed by atoms with Crippen molar-refractivity contribution >= 4 is 6.21 Å². The second kappa shape index (κ2) is 5.35. The number of phenolic OH excluding ortho intramolecular Hbond substituents is 1. The van der Waals surface area contributed by atoms with Gasteiger partial charge in [0, 0.05) is 11.8 Å². The van der Waals surface area contributed by atoms with Crippen molar-refractivity contribution in [3.05, 3.63) is 29.8 Å². The van der Waals surface area contributed by atoms with Crippen LogP contribution >= 0.6 is 0 Å². The van der Waals surface area contributed by atoms with E-state index in [1.54, 1.807) is 6.07 Å². The van der Waals surface area contributed by atoms with Crippen molar-refractivity contribution in [3.8, 4) is 5.75 Å². The number of phenols is 1. The van der Waals surface area contributed by atoms with Crippen molar-refractivity contribution < 1.29 is 5.11 Å². The van der Waals surface area contributed by atoms with E-state index in [-0.39, 0.29) is 0 Å². The first kappa shape index (κ1) is 12.2. The molecule has 0 unspecified atom stereocenters. The molecule has 0 heterocycles. The average Bonchev–Trinajstić information content (AvgIpc) is 2.76. The van der Waals surface area contributed by atoms with Gasteiger partial charge in [-0.25, -0.2) is 0 Å². The van der Waals surface area contributed by atoms with Crippen LogP contribution in [0.25, 0.3) is 0 Å². The fourth-order valence-electron chi connectivity index (χ4n) is 2.70. The van der Waals surface area contributed by atoms with Gasteiger partial charge in [0.15, 0.2) is 0 Å². The Morgan fingerprint density at radius 2 is 2.06 bits per heavy atom. The summed E-state index contributed by atoms with van der Waals surface area (Å²) >= 11 is 0. The molecule has 1 N–H and O–H groups in total. The summed E-state index contributed by atoms with van der Waals surface area (Å²) in [6.45, 7) is 4.55. The van der Waals surface area contributed by atoms with Gasteiger partial charge in [-0.15, -0.1) is 0 Å². The summed E-state index contributed by atoms with van der Waals surface area (Å²) in [6, 6.07) is 7.80. The van der Waals surface area contributed by atoms with E-state index < -0.39 is 0 Å². The molecule has 0 aliphatic heterocycles. The largest absolute Gasteiger partial charge is 0.507 e. The average molecular weight is 231 g/mol. The summed E-state index contributed by atoms with van der Waals surface area (Å²) in [4.78, 5) is 4.67. The van der Waals surface area contributed by atoms with Crippen LogP contribution in [0.2, 0.25) is 0 Å². The molecule has 1 aliphatic rings. The summed E-state index contributed by atoms with van der Waals surface area (Å²) < 4.78 is 0. The summed E-state index contributed by atoms with van der Waals surface area (Å²) in [5.74, 6) is 1.72. The lowest BCUT2D eigenvalue weighted by molar-refractivity contribution is 0.359. The Balaban J connectivity index is 2.08. The predicted molar refractivity (Wildman–Crippen MR) is 71.7 cm³/mol.